The van der Waals surface area contributed by atoms with Crippen molar-refractivity contribution in [1.29, 1.82) is 0 Å². The van der Waals surface area contributed by atoms with Crippen LogP contribution >= 0.6 is 11.3 Å². The number of thiophene rings is 1. The highest BCUT2D eigenvalue weighted by Gasteiger charge is 2.14. The van der Waals surface area contributed by atoms with E-state index in [4.69, 9.17) is 0 Å². The summed E-state index contributed by atoms with van der Waals surface area (Å²) in [7, 11) is 0. The Balaban J connectivity index is 1.70. The fourth-order valence-corrected chi connectivity index (χ4v) is 3.98. The van der Waals surface area contributed by atoms with Gasteiger partial charge in [0.2, 0.25) is 0 Å². The standard InChI is InChI=1S/C22H18N2O3S/c1-14-11-16(23-22(27)20-7-4-10-28-20)8-9-18(14)24-13-15(12-21(25)26)17-5-2-3-6-19(17)24/h2-11,13H,12H2,1H3,(H,23,27)(H,25,26). The second-order valence-electron chi connectivity index (χ2n) is 6.54. The maximum atomic E-state index is 12.3. The Morgan fingerprint density at radius 3 is 2.64 bits per heavy atom. The molecule has 0 spiro atoms. The molecule has 2 aromatic carbocycles. The highest BCUT2D eigenvalue weighted by molar-refractivity contribution is 7.12. The van der Waals surface area contributed by atoms with Crippen molar-refractivity contribution in [1.82, 2.24) is 4.57 Å². The summed E-state index contributed by atoms with van der Waals surface area (Å²) in [5, 5.41) is 14.9. The van der Waals surface area contributed by atoms with Crippen molar-refractivity contribution in [3.8, 4) is 5.69 Å². The summed E-state index contributed by atoms with van der Waals surface area (Å²) in [5.41, 5.74) is 4.38. The number of aryl methyl sites for hydroxylation is 1. The highest BCUT2D eigenvalue weighted by Crippen LogP contribution is 2.28. The summed E-state index contributed by atoms with van der Waals surface area (Å²) in [6.07, 6.45) is 1.85. The lowest BCUT2D eigenvalue weighted by molar-refractivity contribution is -0.136. The number of amides is 1. The fraction of sp³-hybridized carbons (Fsp3) is 0.0909. The molecule has 6 heteroatoms. The minimum Gasteiger partial charge on any atom is -0.481 e. The minimum absolute atomic E-state index is 0.0263. The average molecular weight is 390 g/mol. The van der Waals surface area contributed by atoms with E-state index in [1.807, 2.05) is 71.6 Å². The summed E-state index contributed by atoms with van der Waals surface area (Å²) < 4.78 is 2.01. The molecule has 0 aliphatic carbocycles. The lowest BCUT2D eigenvalue weighted by atomic mass is 10.1. The first-order valence-corrected chi connectivity index (χ1v) is 9.67. The Labute approximate surface area is 165 Å². The van der Waals surface area contributed by atoms with Crippen molar-refractivity contribution in [3.63, 3.8) is 0 Å². The Hall–Kier alpha value is -3.38. The predicted molar refractivity (Wildman–Crippen MR) is 112 cm³/mol. The number of carbonyl (C=O) groups excluding carboxylic acids is 1. The summed E-state index contributed by atoms with van der Waals surface area (Å²) in [4.78, 5) is 24.1. The summed E-state index contributed by atoms with van der Waals surface area (Å²) in [6, 6.07) is 17.1. The van der Waals surface area contributed by atoms with Gasteiger partial charge in [-0.3, -0.25) is 9.59 Å². The zero-order valence-electron chi connectivity index (χ0n) is 15.2. The molecule has 0 aliphatic rings. The van der Waals surface area contributed by atoms with Gasteiger partial charge in [0, 0.05) is 23.0 Å². The molecule has 0 bridgehead atoms. The topological polar surface area (TPSA) is 71.3 Å². The molecule has 2 heterocycles. The maximum Gasteiger partial charge on any atom is 0.307 e. The molecule has 0 saturated heterocycles. The molecule has 2 aromatic heterocycles. The molecule has 4 aromatic rings. The highest BCUT2D eigenvalue weighted by atomic mass is 32.1. The Morgan fingerprint density at radius 2 is 1.93 bits per heavy atom. The molecular weight excluding hydrogens is 372 g/mol. The van der Waals surface area contributed by atoms with Crippen LogP contribution in [0.2, 0.25) is 0 Å². The van der Waals surface area contributed by atoms with E-state index in [0.717, 1.165) is 33.4 Å². The van der Waals surface area contributed by atoms with Crippen molar-refractivity contribution < 1.29 is 14.7 Å². The van der Waals surface area contributed by atoms with Gasteiger partial charge in [-0.05, 0) is 53.8 Å². The zero-order valence-corrected chi connectivity index (χ0v) is 16.0. The molecule has 0 fully saturated rings. The van der Waals surface area contributed by atoms with Crippen LogP contribution in [0, 0.1) is 6.92 Å². The second kappa shape index (κ2) is 7.32. The van der Waals surface area contributed by atoms with E-state index in [-0.39, 0.29) is 12.3 Å². The third-order valence-electron chi connectivity index (χ3n) is 4.60. The molecule has 0 aliphatic heterocycles. The fourth-order valence-electron chi connectivity index (χ4n) is 3.36. The molecular formula is C22H18N2O3S. The SMILES string of the molecule is Cc1cc(NC(=O)c2cccs2)ccc1-n1cc(CC(=O)O)c2ccccc21. The molecule has 1 amide bonds. The third kappa shape index (κ3) is 3.42. The Bertz CT molecular complexity index is 1180. The molecule has 0 unspecified atom stereocenters. The Kier molecular flexibility index (Phi) is 4.71. The molecule has 5 nitrogen and oxygen atoms in total. The first-order chi connectivity index (χ1) is 13.5. The van der Waals surface area contributed by atoms with Crippen LogP contribution in [-0.4, -0.2) is 21.6 Å². The number of aromatic nitrogens is 1. The van der Waals surface area contributed by atoms with E-state index >= 15 is 0 Å². The number of aliphatic carboxylic acids is 1. The van der Waals surface area contributed by atoms with E-state index in [1.165, 1.54) is 11.3 Å². The zero-order chi connectivity index (χ0) is 19.7. The Morgan fingerprint density at radius 1 is 1.11 bits per heavy atom. The van der Waals surface area contributed by atoms with Gasteiger partial charge in [-0.25, -0.2) is 0 Å². The second-order valence-corrected chi connectivity index (χ2v) is 7.49. The van der Waals surface area contributed by atoms with Gasteiger partial charge >= 0.3 is 5.97 Å². The van der Waals surface area contributed by atoms with Gasteiger partial charge in [0.15, 0.2) is 0 Å². The van der Waals surface area contributed by atoms with Crippen LogP contribution in [0.4, 0.5) is 5.69 Å². The molecule has 2 N–H and O–H groups in total. The number of para-hydroxylation sites is 1. The van der Waals surface area contributed by atoms with Gasteiger partial charge in [-0.1, -0.05) is 24.3 Å². The number of rotatable bonds is 5. The summed E-state index contributed by atoms with van der Waals surface area (Å²) in [5.74, 6) is -0.983. The van der Waals surface area contributed by atoms with E-state index in [1.54, 1.807) is 6.07 Å². The van der Waals surface area contributed by atoms with Crippen molar-refractivity contribution in [2.45, 2.75) is 13.3 Å². The first kappa shape index (κ1) is 18.0. The van der Waals surface area contributed by atoms with E-state index in [9.17, 15) is 14.7 Å². The van der Waals surface area contributed by atoms with Gasteiger partial charge in [0.1, 0.15) is 0 Å². The van der Waals surface area contributed by atoms with Gasteiger partial charge in [-0.15, -0.1) is 11.3 Å². The number of benzene rings is 2. The normalized spacial score (nSPS) is 10.9. The maximum absolute atomic E-state index is 12.3. The quantitative estimate of drug-likeness (QED) is 0.510. The van der Waals surface area contributed by atoms with Gasteiger partial charge in [0.25, 0.3) is 5.91 Å². The number of carbonyl (C=O) groups is 2. The molecule has 0 atom stereocenters. The average Bonchev–Trinajstić information content (AvgIpc) is 3.31. The number of fused-ring (bicyclic) bond motifs is 1. The predicted octanol–water partition coefficient (Wildman–Crippen LogP) is 4.88. The molecule has 140 valence electrons. The molecule has 4 rings (SSSR count). The largest absolute Gasteiger partial charge is 0.481 e. The van der Waals surface area contributed by atoms with Crippen LogP contribution in [-0.2, 0) is 11.2 Å². The van der Waals surface area contributed by atoms with Crippen LogP contribution < -0.4 is 5.32 Å². The number of anilines is 1. The van der Waals surface area contributed by atoms with Crippen LogP contribution in [0.25, 0.3) is 16.6 Å². The number of carboxylic acids is 1. The van der Waals surface area contributed by atoms with E-state index in [0.29, 0.717) is 4.88 Å². The molecule has 28 heavy (non-hydrogen) atoms. The van der Waals surface area contributed by atoms with Gasteiger partial charge in [-0.2, -0.15) is 0 Å². The van der Waals surface area contributed by atoms with Crippen molar-refractivity contribution in [2.24, 2.45) is 0 Å². The van der Waals surface area contributed by atoms with Gasteiger partial charge < -0.3 is 15.0 Å². The molecule has 0 saturated carbocycles. The van der Waals surface area contributed by atoms with Crippen molar-refractivity contribution in [3.05, 3.63) is 82.2 Å². The van der Waals surface area contributed by atoms with Gasteiger partial charge in [0.05, 0.1) is 16.8 Å². The molecule has 0 radical (unpaired) electrons. The lowest BCUT2D eigenvalue weighted by Gasteiger charge is -2.12. The summed E-state index contributed by atoms with van der Waals surface area (Å²) >= 11 is 1.40. The number of hydrogen-bond acceptors (Lipinski definition) is 3. The number of hydrogen-bond donors (Lipinski definition) is 2. The number of carboxylic acid groups (broad SMARTS) is 1. The van der Waals surface area contributed by atoms with Crippen molar-refractivity contribution in [2.75, 3.05) is 5.32 Å². The number of nitrogens with one attached hydrogen (secondary N) is 1. The van der Waals surface area contributed by atoms with Crippen LogP contribution in [0.1, 0.15) is 20.8 Å². The van der Waals surface area contributed by atoms with Crippen LogP contribution in [0.15, 0.2) is 66.2 Å². The monoisotopic (exact) mass is 390 g/mol. The van der Waals surface area contributed by atoms with Crippen LogP contribution in [0.3, 0.4) is 0 Å². The number of nitrogens with zero attached hydrogens (tertiary/aromatic N) is 1. The minimum atomic E-state index is -0.855. The smallest absolute Gasteiger partial charge is 0.307 e. The van der Waals surface area contributed by atoms with Crippen LogP contribution in [0.5, 0.6) is 0 Å². The van der Waals surface area contributed by atoms with E-state index in [2.05, 4.69) is 5.32 Å². The first-order valence-electron chi connectivity index (χ1n) is 8.79. The summed E-state index contributed by atoms with van der Waals surface area (Å²) in [6.45, 7) is 1.97. The van der Waals surface area contributed by atoms with E-state index < -0.39 is 5.97 Å². The van der Waals surface area contributed by atoms with Crippen molar-refractivity contribution >= 4 is 39.8 Å². The lowest BCUT2D eigenvalue weighted by Crippen LogP contribution is -2.10. The third-order valence-corrected chi connectivity index (χ3v) is 5.46.